The minimum atomic E-state index is -0.107. The molecule has 134 valence electrons. The summed E-state index contributed by atoms with van der Waals surface area (Å²) in [5.41, 5.74) is 4.25. The molecule has 2 fully saturated rings. The molecule has 0 radical (unpaired) electrons. The highest BCUT2D eigenvalue weighted by Gasteiger charge is 2.32. The van der Waals surface area contributed by atoms with E-state index in [1.54, 1.807) is 5.01 Å². The van der Waals surface area contributed by atoms with Gasteiger partial charge >= 0.3 is 6.03 Å². The number of amides is 2. The normalized spacial score (nSPS) is 22.8. The Labute approximate surface area is 149 Å². The highest BCUT2D eigenvalue weighted by Crippen LogP contribution is 2.33. The molecule has 5 heteroatoms. The quantitative estimate of drug-likeness (QED) is 0.871. The molecule has 2 heterocycles. The number of nitrogens with zero attached hydrogens (tertiary/aromatic N) is 2. The van der Waals surface area contributed by atoms with E-state index in [0.717, 1.165) is 35.4 Å². The monoisotopic (exact) mass is 341 g/mol. The average Bonchev–Trinajstić information content (AvgIpc) is 2.79. The van der Waals surface area contributed by atoms with Gasteiger partial charge in [0.2, 0.25) is 0 Å². The molecular formula is C20H27N3O2. The van der Waals surface area contributed by atoms with Crippen LogP contribution in [0.3, 0.4) is 0 Å². The van der Waals surface area contributed by atoms with Crippen molar-refractivity contribution in [2.75, 3.05) is 18.5 Å². The van der Waals surface area contributed by atoms with E-state index in [1.807, 2.05) is 0 Å². The maximum absolute atomic E-state index is 12.9. The van der Waals surface area contributed by atoms with Crippen molar-refractivity contribution in [3.63, 3.8) is 0 Å². The molecule has 1 aromatic carbocycles. The summed E-state index contributed by atoms with van der Waals surface area (Å²) >= 11 is 0. The van der Waals surface area contributed by atoms with Gasteiger partial charge in [0, 0.05) is 24.7 Å². The second kappa shape index (κ2) is 7.16. The Balaban J connectivity index is 1.74. The number of carbonyl (C=O) groups is 1. The summed E-state index contributed by atoms with van der Waals surface area (Å²) in [4.78, 5) is 12.9. The Bertz CT molecular complexity index is 674. The van der Waals surface area contributed by atoms with Crippen LogP contribution in [0.2, 0.25) is 0 Å². The van der Waals surface area contributed by atoms with Crippen molar-refractivity contribution >= 4 is 17.4 Å². The molecule has 1 saturated heterocycles. The Morgan fingerprint density at radius 3 is 2.64 bits per heavy atom. The lowest BCUT2D eigenvalue weighted by atomic mass is 9.83. The summed E-state index contributed by atoms with van der Waals surface area (Å²) in [6.07, 6.45) is 7.86. The van der Waals surface area contributed by atoms with Crippen LogP contribution in [-0.2, 0) is 4.74 Å². The van der Waals surface area contributed by atoms with Gasteiger partial charge in [-0.25, -0.2) is 9.80 Å². The molecule has 4 rings (SSSR count). The van der Waals surface area contributed by atoms with E-state index >= 15 is 0 Å². The topological polar surface area (TPSA) is 53.9 Å². The third-order valence-corrected chi connectivity index (χ3v) is 5.64. The van der Waals surface area contributed by atoms with Crippen molar-refractivity contribution < 1.29 is 9.53 Å². The molecule has 1 saturated carbocycles. The van der Waals surface area contributed by atoms with Gasteiger partial charge < -0.3 is 10.1 Å². The predicted molar refractivity (Wildman–Crippen MR) is 99.0 cm³/mol. The maximum atomic E-state index is 12.9. The molecule has 0 unspecified atom stereocenters. The van der Waals surface area contributed by atoms with Crippen LogP contribution in [0.25, 0.3) is 0 Å². The van der Waals surface area contributed by atoms with Gasteiger partial charge in [-0.05, 0) is 44.2 Å². The Morgan fingerprint density at radius 1 is 1.12 bits per heavy atom. The number of ether oxygens (including phenoxy) is 1. The lowest BCUT2D eigenvalue weighted by Crippen LogP contribution is -2.42. The van der Waals surface area contributed by atoms with E-state index in [0.29, 0.717) is 19.1 Å². The first-order valence-corrected chi connectivity index (χ1v) is 9.60. The van der Waals surface area contributed by atoms with Crippen LogP contribution < -0.4 is 5.32 Å². The average molecular weight is 341 g/mol. The fourth-order valence-corrected chi connectivity index (χ4v) is 4.23. The summed E-state index contributed by atoms with van der Waals surface area (Å²) in [5, 5.41) is 9.78. The van der Waals surface area contributed by atoms with Crippen molar-refractivity contribution in [1.29, 1.82) is 0 Å². The molecule has 1 aliphatic carbocycles. The second-order valence-electron chi connectivity index (χ2n) is 7.49. The molecule has 5 nitrogen and oxygen atoms in total. The van der Waals surface area contributed by atoms with E-state index < -0.39 is 0 Å². The first-order chi connectivity index (χ1) is 12.2. The number of hydrogen-bond donors (Lipinski definition) is 1. The van der Waals surface area contributed by atoms with Gasteiger partial charge in [-0.1, -0.05) is 31.4 Å². The summed E-state index contributed by atoms with van der Waals surface area (Å²) in [6.45, 7) is 3.47. The third-order valence-electron chi connectivity index (χ3n) is 5.64. The van der Waals surface area contributed by atoms with E-state index in [2.05, 4.69) is 30.4 Å². The van der Waals surface area contributed by atoms with Gasteiger partial charge in [0.25, 0.3) is 0 Å². The number of anilines is 1. The molecule has 0 aromatic heterocycles. The van der Waals surface area contributed by atoms with Gasteiger partial charge in [0.15, 0.2) is 0 Å². The Morgan fingerprint density at radius 2 is 1.88 bits per heavy atom. The molecule has 0 bridgehead atoms. The first-order valence-electron chi connectivity index (χ1n) is 9.60. The van der Waals surface area contributed by atoms with Crippen molar-refractivity contribution in [3.8, 4) is 0 Å². The van der Waals surface area contributed by atoms with E-state index in [1.165, 1.54) is 32.1 Å². The Kier molecular flexibility index (Phi) is 4.75. The summed E-state index contributed by atoms with van der Waals surface area (Å²) in [6, 6.07) is 6.34. The van der Waals surface area contributed by atoms with Gasteiger partial charge in [0.05, 0.1) is 17.4 Å². The Hall–Kier alpha value is -1.88. The van der Waals surface area contributed by atoms with Crippen LogP contribution in [0, 0.1) is 12.8 Å². The zero-order valence-corrected chi connectivity index (χ0v) is 15.0. The number of rotatable bonds is 2. The molecule has 3 aliphatic rings. The van der Waals surface area contributed by atoms with Crippen LogP contribution in [0.1, 0.15) is 56.1 Å². The maximum Gasteiger partial charge on any atom is 0.342 e. The third kappa shape index (κ3) is 3.43. The summed E-state index contributed by atoms with van der Waals surface area (Å²) in [7, 11) is 0. The number of hydrazone groups is 1. The van der Waals surface area contributed by atoms with Gasteiger partial charge in [-0.2, -0.15) is 5.10 Å². The number of urea groups is 1. The highest BCUT2D eigenvalue weighted by molar-refractivity contribution is 6.11. The number of benzene rings is 1. The van der Waals surface area contributed by atoms with E-state index in [4.69, 9.17) is 9.84 Å². The van der Waals surface area contributed by atoms with E-state index in [-0.39, 0.29) is 12.1 Å². The van der Waals surface area contributed by atoms with Gasteiger partial charge in [-0.3, -0.25) is 0 Å². The predicted octanol–water partition coefficient (Wildman–Crippen LogP) is 4.31. The second-order valence-corrected chi connectivity index (χ2v) is 7.49. The minimum Gasteiger partial charge on any atom is -0.381 e. The molecule has 2 aliphatic heterocycles. The molecule has 2 amide bonds. The van der Waals surface area contributed by atoms with Crippen LogP contribution in [0.15, 0.2) is 23.3 Å². The lowest BCUT2D eigenvalue weighted by Gasteiger charge is -2.31. The van der Waals surface area contributed by atoms with Crippen LogP contribution in [0.5, 0.6) is 0 Å². The van der Waals surface area contributed by atoms with Crippen LogP contribution in [-0.4, -0.2) is 36.0 Å². The first kappa shape index (κ1) is 16.6. The smallest absolute Gasteiger partial charge is 0.342 e. The number of carbonyl (C=O) groups excluding carboxylic acids is 1. The molecule has 1 aromatic rings. The van der Waals surface area contributed by atoms with Crippen molar-refractivity contribution in [2.24, 2.45) is 11.0 Å². The highest BCUT2D eigenvalue weighted by atomic mass is 16.5. The molecule has 0 atom stereocenters. The summed E-state index contributed by atoms with van der Waals surface area (Å²) < 4.78 is 5.47. The van der Waals surface area contributed by atoms with Crippen molar-refractivity contribution in [3.05, 3.63) is 29.3 Å². The van der Waals surface area contributed by atoms with Crippen molar-refractivity contribution in [1.82, 2.24) is 5.01 Å². The molecule has 1 N–H and O–H groups in total. The minimum absolute atomic E-state index is 0.107. The largest absolute Gasteiger partial charge is 0.381 e. The fraction of sp³-hybridized carbons (Fsp3) is 0.600. The lowest BCUT2D eigenvalue weighted by molar-refractivity contribution is 0.0487. The number of nitrogens with one attached hydrogen (secondary N) is 1. The molecular weight excluding hydrogens is 314 g/mol. The standard InChI is InChI=1S/C20H27N3O2/c1-14-7-8-17-18(13-14)21-20(24)23(16-9-11-25-12-10-16)22-19(17)15-5-3-2-4-6-15/h7-8,13,15-16H,2-6,9-12H2,1H3,(H,21,24). The zero-order chi connectivity index (χ0) is 17.2. The molecule has 0 spiro atoms. The zero-order valence-electron chi connectivity index (χ0n) is 15.0. The van der Waals surface area contributed by atoms with Crippen LogP contribution >= 0.6 is 0 Å². The van der Waals surface area contributed by atoms with Gasteiger partial charge in [0.1, 0.15) is 0 Å². The van der Waals surface area contributed by atoms with E-state index in [9.17, 15) is 4.79 Å². The SMILES string of the molecule is Cc1ccc2c(c1)NC(=O)N(C1CCOCC1)N=C2C1CCCCC1. The number of fused-ring (bicyclic) bond motifs is 1. The summed E-state index contributed by atoms with van der Waals surface area (Å²) in [5.74, 6) is 0.449. The van der Waals surface area contributed by atoms with Gasteiger partial charge in [-0.15, -0.1) is 0 Å². The number of aryl methyl sites for hydroxylation is 1. The fourth-order valence-electron chi connectivity index (χ4n) is 4.23. The molecule has 25 heavy (non-hydrogen) atoms. The number of hydrogen-bond acceptors (Lipinski definition) is 3. The van der Waals surface area contributed by atoms with Crippen LogP contribution in [0.4, 0.5) is 10.5 Å². The van der Waals surface area contributed by atoms with Crippen molar-refractivity contribution in [2.45, 2.75) is 57.9 Å².